The van der Waals surface area contributed by atoms with E-state index in [0.29, 0.717) is 13.1 Å². The molecule has 4 rings (SSSR count). The largest absolute Gasteiger partial charge is 0.334 e. The second-order valence-electron chi connectivity index (χ2n) is 6.62. The van der Waals surface area contributed by atoms with E-state index in [4.69, 9.17) is 0 Å². The molecule has 2 N–H and O–H groups in total. The van der Waals surface area contributed by atoms with Gasteiger partial charge in [0.05, 0.1) is 6.54 Å². The van der Waals surface area contributed by atoms with Crippen LogP contribution >= 0.6 is 0 Å². The summed E-state index contributed by atoms with van der Waals surface area (Å²) in [6, 6.07) is 16.0. The lowest BCUT2D eigenvalue weighted by molar-refractivity contribution is 0.251. The van der Waals surface area contributed by atoms with E-state index in [-0.39, 0.29) is 6.03 Å². The number of nitrogens with zero attached hydrogens (tertiary/aromatic N) is 2. The molecule has 0 fully saturated rings. The van der Waals surface area contributed by atoms with Crippen molar-refractivity contribution >= 4 is 11.7 Å². The molecular formula is C21H22N4O. The number of amides is 2. The molecule has 0 saturated heterocycles. The fourth-order valence-electron chi connectivity index (χ4n) is 3.45. The molecule has 1 aromatic heterocycles. The minimum absolute atomic E-state index is 0.183. The fourth-order valence-corrected chi connectivity index (χ4v) is 3.45. The molecule has 1 heterocycles. The van der Waals surface area contributed by atoms with Gasteiger partial charge in [0.2, 0.25) is 0 Å². The van der Waals surface area contributed by atoms with Gasteiger partial charge in [-0.25, -0.2) is 4.79 Å². The Kier molecular flexibility index (Phi) is 4.69. The van der Waals surface area contributed by atoms with Crippen LogP contribution in [0.1, 0.15) is 28.7 Å². The average molecular weight is 346 g/mol. The topological polar surface area (TPSA) is 59.0 Å². The third-order valence-electron chi connectivity index (χ3n) is 4.81. The quantitative estimate of drug-likeness (QED) is 0.739. The zero-order valence-electron chi connectivity index (χ0n) is 14.6. The number of benzene rings is 2. The SMILES string of the molecule is O=C(NCc1ccccc1Cn1cccn1)Nc1ccc2c(c1)CCC2. The van der Waals surface area contributed by atoms with Crippen molar-refractivity contribution in [3.63, 3.8) is 0 Å². The Morgan fingerprint density at radius 2 is 1.88 bits per heavy atom. The number of aryl methyl sites for hydroxylation is 2. The molecule has 0 saturated carbocycles. The van der Waals surface area contributed by atoms with Gasteiger partial charge in [0.1, 0.15) is 0 Å². The van der Waals surface area contributed by atoms with Crippen molar-refractivity contribution in [2.45, 2.75) is 32.4 Å². The van der Waals surface area contributed by atoms with Crippen molar-refractivity contribution in [3.05, 3.63) is 83.2 Å². The Morgan fingerprint density at radius 3 is 2.73 bits per heavy atom. The number of nitrogens with one attached hydrogen (secondary N) is 2. The Bertz CT molecular complexity index is 902. The first-order chi connectivity index (χ1) is 12.8. The van der Waals surface area contributed by atoms with Gasteiger partial charge in [-0.15, -0.1) is 0 Å². The van der Waals surface area contributed by atoms with Gasteiger partial charge in [-0.2, -0.15) is 5.10 Å². The number of aromatic nitrogens is 2. The highest BCUT2D eigenvalue weighted by Gasteiger charge is 2.12. The van der Waals surface area contributed by atoms with Crippen LogP contribution < -0.4 is 10.6 Å². The van der Waals surface area contributed by atoms with Gasteiger partial charge in [0.25, 0.3) is 0 Å². The summed E-state index contributed by atoms with van der Waals surface area (Å²) in [6.07, 6.45) is 7.16. The van der Waals surface area contributed by atoms with Crippen LogP contribution in [-0.2, 0) is 25.9 Å². The normalized spacial score (nSPS) is 12.6. The number of carbonyl (C=O) groups is 1. The van der Waals surface area contributed by atoms with Crippen LogP contribution in [-0.4, -0.2) is 15.8 Å². The van der Waals surface area contributed by atoms with E-state index in [1.54, 1.807) is 6.20 Å². The molecule has 5 nitrogen and oxygen atoms in total. The molecule has 2 aromatic carbocycles. The third-order valence-corrected chi connectivity index (χ3v) is 4.81. The van der Waals surface area contributed by atoms with Crippen LogP contribution in [0.4, 0.5) is 10.5 Å². The summed E-state index contributed by atoms with van der Waals surface area (Å²) in [5.41, 5.74) is 5.85. The first-order valence-corrected chi connectivity index (χ1v) is 8.99. The average Bonchev–Trinajstić information content (AvgIpc) is 3.32. The van der Waals surface area contributed by atoms with Gasteiger partial charge in [0, 0.05) is 24.6 Å². The molecule has 0 bridgehead atoms. The van der Waals surface area contributed by atoms with E-state index in [2.05, 4.69) is 33.9 Å². The first-order valence-electron chi connectivity index (χ1n) is 8.99. The maximum absolute atomic E-state index is 12.3. The van der Waals surface area contributed by atoms with E-state index >= 15 is 0 Å². The molecule has 0 unspecified atom stereocenters. The van der Waals surface area contributed by atoms with Crippen molar-refractivity contribution in [3.8, 4) is 0 Å². The molecule has 0 radical (unpaired) electrons. The number of urea groups is 1. The summed E-state index contributed by atoms with van der Waals surface area (Å²) in [5, 5.41) is 10.1. The Labute approximate surface area is 153 Å². The van der Waals surface area contributed by atoms with Crippen molar-refractivity contribution in [2.24, 2.45) is 0 Å². The van der Waals surface area contributed by atoms with Gasteiger partial charge in [-0.3, -0.25) is 4.68 Å². The van der Waals surface area contributed by atoms with Gasteiger partial charge < -0.3 is 10.6 Å². The minimum atomic E-state index is -0.183. The summed E-state index contributed by atoms with van der Waals surface area (Å²) in [4.78, 5) is 12.3. The Morgan fingerprint density at radius 1 is 1.04 bits per heavy atom. The van der Waals surface area contributed by atoms with Crippen LogP contribution in [0.2, 0.25) is 0 Å². The standard InChI is InChI=1S/C21H22N4O/c26-21(24-20-10-9-16-7-3-8-17(16)13-20)22-14-18-5-1-2-6-19(18)15-25-12-4-11-23-25/h1-2,4-6,9-13H,3,7-8,14-15H2,(H2,22,24,26). The molecule has 0 spiro atoms. The molecular weight excluding hydrogens is 324 g/mol. The van der Waals surface area contributed by atoms with Crippen LogP contribution in [0.25, 0.3) is 0 Å². The molecule has 2 amide bonds. The van der Waals surface area contributed by atoms with E-state index < -0.39 is 0 Å². The molecule has 132 valence electrons. The first kappa shape index (κ1) is 16.4. The van der Waals surface area contributed by atoms with Crippen LogP contribution in [0, 0.1) is 0 Å². The zero-order valence-corrected chi connectivity index (χ0v) is 14.6. The number of hydrogen-bond acceptors (Lipinski definition) is 2. The maximum atomic E-state index is 12.3. The lowest BCUT2D eigenvalue weighted by Crippen LogP contribution is -2.28. The second-order valence-corrected chi connectivity index (χ2v) is 6.62. The predicted octanol–water partition coefficient (Wildman–Crippen LogP) is 3.74. The highest BCUT2D eigenvalue weighted by Crippen LogP contribution is 2.24. The van der Waals surface area contributed by atoms with Crippen LogP contribution in [0.3, 0.4) is 0 Å². The maximum Gasteiger partial charge on any atom is 0.319 e. The highest BCUT2D eigenvalue weighted by atomic mass is 16.2. The second kappa shape index (κ2) is 7.44. The third kappa shape index (κ3) is 3.77. The smallest absolute Gasteiger partial charge is 0.319 e. The van der Waals surface area contributed by atoms with Crippen molar-refractivity contribution in [1.82, 2.24) is 15.1 Å². The monoisotopic (exact) mass is 346 g/mol. The highest BCUT2D eigenvalue weighted by molar-refractivity contribution is 5.89. The number of fused-ring (bicyclic) bond motifs is 1. The number of carbonyl (C=O) groups excluding carboxylic acids is 1. The fraction of sp³-hybridized carbons (Fsp3) is 0.238. The van der Waals surface area contributed by atoms with Crippen molar-refractivity contribution in [2.75, 3.05) is 5.32 Å². The van der Waals surface area contributed by atoms with E-state index in [1.807, 2.05) is 41.2 Å². The molecule has 3 aromatic rings. The Balaban J connectivity index is 1.37. The molecule has 1 aliphatic carbocycles. The van der Waals surface area contributed by atoms with Crippen LogP contribution in [0.15, 0.2) is 60.9 Å². The summed E-state index contributed by atoms with van der Waals surface area (Å²) < 4.78 is 1.88. The Hall–Kier alpha value is -3.08. The molecule has 0 atom stereocenters. The van der Waals surface area contributed by atoms with Gasteiger partial charge in [0.15, 0.2) is 0 Å². The van der Waals surface area contributed by atoms with Gasteiger partial charge in [-0.1, -0.05) is 30.3 Å². The summed E-state index contributed by atoms with van der Waals surface area (Å²) in [6.45, 7) is 1.17. The zero-order chi connectivity index (χ0) is 17.8. The molecule has 0 aliphatic heterocycles. The summed E-state index contributed by atoms with van der Waals surface area (Å²) >= 11 is 0. The number of rotatable bonds is 5. The lowest BCUT2D eigenvalue weighted by Gasteiger charge is -2.12. The van der Waals surface area contributed by atoms with Gasteiger partial charge >= 0.3 is 6.03 Å². The van der Waals surface area contributed by atoms with Crippen LogP contribution in [0.5, 0.6) is 0 Å². The van der Waals surface area contributed by atoms with E-state index in [9.17, 15) is 4.79 Å². The molecule has 26 heavy (non-hydrogen) atoms. The number of anilines is 1. The van der Waals surface area contributed by atoms with E-state index in [0.717, 1.165) is 29.7 Å². The molecule has 1 aliphatic rings. The predicted molar refractivity (Wildman–Crippen MR) is 102 cm³/mol. The van der Waals surface area contributed by atoms with Gasteiger partial charge in [-0.05, 0) is 59.7 Å². The summed E-state index contributed by atoms with van der Waals surface area (Å²) in [7, 11) is 0. The van der Waals surface area contributed by atoms with Crippen molar-refractivity contribution in [1.29, 1.82) is 0 Å². The molecule has 5 heteroatoms. The van der Waals surface area contributed by atoms with Crippen molar-refractivity contribution < 1.29 is 4.79 Å². The minimum Gasteiger partial charge on any atom is -0.334 e. The summed E-state index contributed by atoms with van der Waals surface area (Å²) in [5.74, 6) is 0. The number of hydrogen-bond donors (Lipinski definition) is 2. The van der Waals surface area contributed by atoms with E-state index in [1.165, 1.54) is 17.5 Å². The lowest BCUT2D eigenvalue weighted by atomic mass is 10.1.